The van der Waals surface area contributed by atoms with Gasteiger partial charge in [-0.2, -0.15) is 0 Å². The Hall–Kier alpha value is -1.80. The topological polar surface area (TPSA) is 83.0 Å². The second-order valence-corrected chi connectivity index (χ2v) is 10.2. The maximum atomic E-state index is 12.3. The standard InChI is InChI=1S/C22H36N4O3S/c1-3-16-30(27,28)26-14-12-19(13-15-26)25-22(23-4-2)24-17-18-8-5-6-11-21(18)29-20-9-7-10-20/h5-6,8,11,19-20H,3-4,7,9-10,12-17H2,1-2H3,(H2,23,24,25). The molecule has 1 saturated carbocycles. The van der Waals surface area contributed by atoms with Gasteiger partial charge >= 0.3 is 0 Å². The number of hydrogen-bond acceptors (Lipinski definition) is 4. The van der Waals surface area contributed by atoms with E-state index in [0.717, 1.165) is 49.5 Å². The third kappa shape index (κ3) is 6.35. The molecule has 1 heterocycles. The van der Waals surface area contributed by atoms with Gasteiger partial charge in [0.15, 0.2) is 5.96 Å². The molecular formula is C22H36N4O3S. The fourth-order valence-electron chi connectivity index (χ4n) is 3.76. The number of guanidine groups is 1. The Balaban J connectivity index is 1.57. The van der Waals surface area contributed by atoms with Gasteiger partial charge in [0.2, 0.25) is 10.0 Å². The third-order valence-electron chi connectivity index (χ3n) is 5.72. The Morgan fingerprint density at radius 1 is 1.17 bits per heavy atom. The van der Waals surface area contributed by atoms with E-state index in [-0.39, 0.29) is 11.8 Å². The number of hydrogen-bond donors (Lipinski definition) is 2. The highest BCUT2D eigenvalue weighted by atomic mass is 32.2. The van der Waals surface area contributed by atoms with E-state index < -0.39 is 10.0 Å². The van der Waals surface area contributed by atoms with Crippen molar-refractivity contribution in [1.82, 2.24) is 14.9 Å². The van der Waals surface area contributed by atoms with Crippen LogP contribution in [-0.4, -0.2) is 56.2 Å². The van der Waals surface area contributed by atoms with Crippen LogP contribution >= 0.6 is 0 Å². The second kappa shape index (κ2) is 11.0. The van der Waals surface area contributed by atoms with Crippen LogP contribution in [0.5, 0.6) is 5.75 Å². The number of nitrogens with one attached hydrogen (secondary N) is 2. The van der Waals surface area contributed by atoms with E-state index in [1.807, 2.05) is 32.0 Å². The summed E-state index contributed by atoms with van der Waals surface area (Å²) in [5, 5.41) is 6.80. The molecule has 0 unspecified atom stereocenters. The first-order valence-corrected chi connectivity index (χ1v) is 12.9. The van der Waals surface area contributed by atoms with Gasteiger partial charge in [0.05, 0.1) is 18.4 Å². The van der Waals surface area contributed by atoms with Gasteiger partial charge < -0.3 is 15.4 Å². The van der Waals surface area contributed by atoms with E-state index in [0.29, 0.717) is 32.2 Å². The van der Waals surface area contributed by atoms with Gasteiger partial charge in [-0.1, -0.05) is 25.1 Å². The molecule has 0 spiro atoms. The number of rotatable bonds is 9. The predicted molar refractivity (Wildman–Crippen MR) is 121 cm³/mol. The molecule has 2 aliphatic rings. The minimum absolute atomic E-state index is 0.220. The van der Waals surface area contributed by atoms with Gasteiger partial charge in [-0.3, -0.25) is 0 Å². The average molecular weight is 437 g/mol. The molecule has 0 bridgehead atoms. The molecule has 2 N–H and O–H groups in total. The zero-order valence-electron chi connectivity index (χ0n) is 18.3. The Morgan fingerprint density at radius 3 is 2.53 bits per heavy atom. The van der Waals surface area contributed by atoms with E-state index in [1.54, 1.807) is 4.31 Å². The molecule has 1 saturated heterocycles. The van der Waals surface area contributed by atoms with Crippen molar-refractivity contribution >= 4 is 16.0 Å². The van der Waals surface area contributed by atoms with Crippen LogP contribution in [0.15, 0.2) is 29.3 Å². The van der Waals surface area contributed by atoms with Crippen LogP contribution in [0.25, 0.3) is 0 Å². The average Bonchev–Trinajstić information content (AvgIpc) is 2.70. The maximum absolute atomic E-state index is 12.3. The molecule has 30 heavy (non-hydrogen) atoms. The lowest BCUT2D eigenvalue weighted by Gasteiger charge is -2.32. The van der Waals surface area contributed by atoms with Crippen molar-refractivity contribution in [2.24, 2.45) is 4.99 Å². The van der Waals surface area contributed by atoms with Crippen molar-refractivity contribution in [1.29, 1.82) is 0 Å². The van der Waals surface area contributed by atoms with E-state index in [1.165, 1.54) is 6.42 Å². The van der Waals surface area contributed by atoms with Crippen molar-refractivity contribution in [3.05, 3.63) is 29.8 Å². The van der Waals surface area contributed by atoms with Gasteiger partial charge in [0.25, 0.3) is 0 Å². The van der Waals surface area contributed by atoms with Crippen LogP contribution < -0.4 is 15.4 Å². The number of nitrogens with zero attached hydrogens (tertiary/aromatic N) is 2. The summed E-state index contributed by atoms with van der Waals surface area (Å²) < 4.78 is 32.3. The summed E-state index contributed by atoms with van der Waals surface area (Å²) in [6.07, 6.45) is 6.09. The molecule has 2 fully saturated rings. The van der Waals surface area contributed by atoms with E-state index in [4.69, 9.17) is 9.73 Å². The lowest BCUT2D eigenvalue weighted by atomic mass is 9.96. The van der Waals surface area contributed by atoms with Crippen LogP contribution in [0.3, 0.4) is 0 Å². The molecule has 1 aliphatic heterocycles. The zero-order chi connectivity index (χ0) is 21.4. The molecule has 1 aromatic carbocycles. The largest absolute Gasteiger partial charge is 0.490 e. The summed E-state index contributed by atoms with van der Waals surface area (Å²) in [5.41, 5.74) is 1.09. The molecule has 0 radical (unpaired) electrons. The lowest BCUT2D eigenvalue weighted by molar-refractivity contribution is 0.119. The predicted octanol–water partition coefficient (Wildman–Crippen LogP) is 2.88. The van der Waals surface area contributed by atoms with Gasteiger partial charge in [0.1, 0.15) is 5.75 Å². The number of benzene rings is 1. The fraction of sp³-hybridized carbons (Fsp3) is 0.682. The molecule has 3 rings (SSSR count). The number of piperidine rings is 1. The molecule has 0 atom stereocenters. The molecule has 0 aromatic heterocycles. The van der Waals surface area contributed by atoms with Gasteiger partial charge in [0, 0.05) is 31.2 Å². The maximum Gasteiger partial charge on any atom is 0.214 e. The third-order valence-corrected chi connectivity index (χ3v) is 7.80. The first-order valence-electron chi connectivity index (χ1n) is 11.3. The summed E-state index contributed by atoms with van der Waals surface area (Å²) in [6, 6.07) is 8.34. The van der Waals surface area contributed by atoms with E-state index in [2.05, 4.69) is 16.7 Å². The van der Waals surface area contributed by atoms with Crippen LogP contribution in [0.2, 0.25) is 0 Å². The summed E-state index contributed by atoms with van der Waals surface area (Å²) >= 11 is 0. The summed E-state index contributed by atoms with van der Waals surface area (Å²) in [4.78, 5) is 4.77. The highest BCUT2D eigenvalue weighted by molar-refractivity contribution is 7.89. The lowest BCUT2D eigenvalue weighted by Crippen LogP contribution is -2.50. The summed E-state index contributed by atoms with van der Waals surface area (Å²) in [7, 11) is -3.11. The minimum Gasteiger partial charge on any atom is -0.490 e. The molecule has 1 aromatic rings. The number of para-hydroxylation sites is 1. The first kappa shape index (κ1) is 22.9. The van der Waals surface area contributed by atoms with Crippen molar-refractivity contribution in [3.8, 4) is 5.75 Å². The Kier molecular flexibility index (Phi) is 8.39. The molecule has 1 aliphatic carbocycles. The molecule has 8 heteroatoms. The SMILES string of the molecule is CCCS(=O)(=O)N1CCC(NC(=NCc2ccccc2OC2CCC2)NCC)CC1. The van der Waals surface area contributed by atoms with Crippen LogP contribution in [0.1, 0.15) is 57.9 Å². The number of ether oxygens (including phenoxy) is 1. The highest BCUT2D eigenvalue weighted by Crippen LogP contribution is 2.28. The van der Waals surface area contributed by atoms with Gasteiger partial charge in [-0.15, -0.1) is 0 Å². The zero-order valence-corrected chi connectivity index (χ0v) is 19.1. The minimum atomic E-state index is -3.11. The smallest absolute Gasteiger partial charge is 0.214 e. The van der Waals surface area contributed by atoms with Crippen molar-refractivity contribution in [3.63, 3.8) is 0 Å². The van der Waals surface area contributed by atoms with E-state index >= 15 is 0 Å². The summed E-state index contributed by atoms with van der Waals surface area (Å²) in [6.45, 7) is 6.40. The number of aliphatic imine (C=N–C) groups is 1. The Labute approximate surface area is 181 Å². The quantitative estimate of drug-likeness (QED) is 0.459. The fourth-order valence-corrected chi connectivity index (χ4v) is 5.30. The molecule has 7 nitrogen and oxygen atoms in total. The normalized spacial score (nSPS) is 19.3. The van der Waals surface area contributed by atoms with Crippen molar-refractivity contribution < 1.29 is 13.2 Å². The Bertz CT molecular complexity index is 800. The molecule has 168 valence electrons. The van der Waals surface area contributed by atoms with Gasteiger partial charge in [-0.05, 0) is 51.5 Å². The highest BCUT2D eigenvalue weighted by Gasteiger charge is 2.27. The monoisotopic (exact) mass is 436 g/mol. The van der Waals surface area contributed by atoms with Crippen LogP contribution in [-0.2, 0) is 16.6 Å². The van der Waals surface area contributed by atoms with Crippen molar-refractivity contribution in [2.75, 3.05) is 25.4 Å². The molecule has 0 amide bonds. The second-order valence-electron chi connectivity index (χ2n) is 8.11. The Morgan fingerprint density at radius 2 is 1.90 bits per heavy atom. The number of sulfonamides is 1. The van der Waals surface area contributed by atoms with E-state index in [9.17, 15) is 8.42 Å². The first-order chi connectivity index (χ1) is 14.5. The van der Waals surface area contributed by atoms with Crippen LogP contribution in [0.4, 0.5) is 0 Å². The summed E-state index contributed by atoms with van der Waals surface area (Å²) in [5.74, 6) is 1.93. The van der Waals surface area contributed by atoms with Gasteiger partial charge in [-0.25, -0.2) is 17.7 Å². The molecular weight excluding hydrogens is 400 g/mol. The van der Waals surface area contributed by atoms with Crippen molar-refractivity contribution in [2.45, 2.75) is 71.1 Å². The van der Waals surface area contributed by atoms with Crippen LogP contribution in [0, 0.1) is 0 Å².